The maximum absolute atomic E-state index is 13.3. The van der Waals surface area contributed by atoms with Crippen LogP contribution >= 0.6 is 22.9 Å². The smallest absolute Gasteiger partial charge is 0.269 e. The highest BCUT2D eigenvalue weighted by Gasteiger charge is 2.30. The Kier molecular flexibility index (Phi) is 7.30. The van der Waals surface area contributed by atoms with Crippen molar-refractivity contribution in [1.82, 2.24) is 19.9 Å². The number of hydrogen-bond acceptors (Lipinski definition) is 8. The second-order valence-electron chi connectivity index (χ2n) is 10.9. The lowest BCUT2D eigenvalue weighted by atomic mass is 9.71. The molecule has 3 aromatic heterocycles. The zero-order chi connectivity index (χ0) is 27.0. The predicted octanol–water partition coefficient (Wildman–Crippen LogP) is 5.29. The second-order valence-corrected chi connectivity index (χ2v) is 12.7. The minimum Gasteiger partial charge on any atom is -0.343 e. The average Bonchev–Trinajstić information content (AvgIpc) is 3.50. The number of carbonyl (C=O) groups is 2. The molecule has 38 heavy (non-hydrogen) atoms. The van der Waals surface area contributed by atoms with Crippen LogP contribution in [0.25, 0.3) is 10.2 Å². The Morgan fingerprint density at radius 1 is 1.18 bits per heavy atom. The van der Waals surface area contributed by atoms with Crippen LogP contribution in [-0.2, 0) is 12.8 Å². The molecule has 2 atom stereocenters. The van der Waals surface area contributed by atoms with Gasteiger partial charge in [0.15, 0.2) is 0 Å². The van der Waals surface area contributed by atoms with E-state index in [0.29, 0.717) is 27.1 Å². The zero-order valence-corrected chi connectivity index (χ0v) is 23.6. The molecular weight excluding hydrogens is 516 g/mol. The van der Waals surface area contributed by atoms with Gasteiger partial charge in [0.1, 0.15) is 9.71 Å². The highest BCUT2D eigenvalue weighted by molar-refractivity contribution is 7.20. The number of nitrogens with zero attached hydrogens (tertiary/aromatic N) is 3. The van der Waals surface area contributed by atoms with Crippen molar-refractivity contribution in [3.8, 4) is 0 Å². The van der Waals surface area contributed by atoms with E-state index in [2.05, 4.69) is 47.1 Å². The van der Waals surface area contributed by atoms with E-state index in [1.165, 1.54) is 16.9 Å². The Morgan fingerprint density at radius 2 is 2.00 bits per heavy atom. The standard InChI is InChI=1S/C28H32N6O2S2/c1-15-24(38-34-33-15)26(36)30-20-7-5-6-16(12-20)22(14-29)31-25(35)23-13-18-10-17-11-19(28(2,3)4)8-9-21(17)32-27(18)37-23/h5-7,10,12-13,19,22H,8-9,11,14,29H2,1-4H3,(H,30,36)(H,31,35)/t19-,22-/m1/s1. The van der Waals surface area contributed by atoms with Gasteiger partial charge in [-0.2, -0.15) is 0 Å². The van der Waals surface area contributed by atoms with Crippen molar-refractivity contribution in [3.05, 3.63) is 68.7 Å². The number of carbonyl (C=O) groups excluding carboxylic acids is 2. The summed E-state index contributed by atoms with van der Waals surface area (Å²) in [6.07, 6.45) is 3.15. The van der Waals surface area contributed by atoms with Crippen LogP contribution in [0.15, 0.2) is 36.4 Å². The van der Waals surface area contributed by atoms with Crippen molar-refractivity contribution < 1.29 is 9.59 Å². The first kappa shape index (κ1) is 26.4. The van der Waals surface area contributed by atoms with Gasteiger partial charge in [0, 0.05) is 23.3 Å². The van der Waals surface area contributed by atoms with Gasteiger partial charge < -0.3 is 16.4 Å². The monoisotopic (exact) mass is 548 g/mol. The lowest BCUT2D eigenvalue weighted by Crippen LogP contribution is -2.33. The lowest BCUT2D eigenvalue weighted by Gasteiger charge is -2.34. The summed E-state index contributed by atoms with van der Waals surface area (Å²) in [5, 5.41) is 10.8. The van der Waals surface area contributed by atoms with Crippen LogP contribution in [0.4, 0.5) is 5.69 Å². The van der Waals surface area contributed by atoms with Crippen LogP contribution < -0.4 is 16.4 Å². The molecule has 1 aromatic carbocycles. The molecule has 8 nitrogen and oxygen atoms in total. The molecular formula is C28H32N6O2S2. The molecule has 1 aliphatic carbocycles. The van der Waals surface area contributed by atoms with Crippen LogP contribution in [0.3, 0.4) is 0 Å². The van der Waals surface area contributed by atoms with E-state index in [9.17, 15) is 9.59 Å². The lowest BCUT2D eigenvalue weighted by molar-refractivity contribution is 0.0941. The van der Waals surface area contributed by atoms with E-state index in [1.54, 1.807) is 13.0 Å². The molecule has 0 radical (unpaired) electrons. The van der Waals surface area contributed by atoms with Gasteiger partial charge in [-0.05, 0) is 84.4 Å². The molecule has 5 rings (SSSR count). The molecule has 10 heteroatoms. The first-order chi connectivity index (χ1) is 18.1. The molecule has 3 heterocycles. The van der Waals surface area contributed by atoms with Crippen molar-refractivity contribution in [2.24, 2.45) is 17.1 Å². The highest BCUT2D eigenvalue weighted by Crippen LogP contribution is 2.38. The summed E-state index contributed by atoms with van der Waals surface area (Å²) in [5.74, 6) is 0.177. The number of rotatable bonds is 6. The van der Waals surface area contributed by atoms with Gasteiger partial charge in [0.2, 0.25) is 0 Å². The number of nitrogens with one attached hydrogen (secondary N) is 2. The quantitative estimate of drug-likeness (QED) is 0.301. The van der Waals surface area contributed by atoms with Crippen LogP contribution in [0.5, 0.6) is 0 Å². The summed E-state index contributed by atoms with van der Waals surface area (Å²) in [5.41, 5.74) is 10.8. The van der Waals surface area contributed by atoms with Gasteiger partial charge in [0.25, 0.3) is 11.8 Å². The Hall–Kier alpha value is -3.21. The molecule has 198 valence electrons. The minimum atomic E-state index is -0.412. The van der Waals surface area contributed by atoms with E-state index in [1.807, 2.05) is 24.3 Å². The first-order valence-electron chi connectivity index (χ1n) is 12.8. The Morgan fingerprint density at radius 3 is 2.71 bits per heavy atom. The second kappa shape index (κ2) is 10.5. The number of anilines is 1. The maximum Gasteiger partial charge on any atom is 0.269 e. The largest absolute Gasteiger partial charge is 0.343 e. The molecule has 0 bridgehead atoms. The third kappa shape index (κ3) is 5.48. The third-order valence-electron chi connectivity index (χ3n) is 7.27. The van der Waals surface area contributed by atoms with Crippen molar-refractivity contribution >= 4 is 50.6 Å². The number of fused-ring (bicyclic) bond motifs is 2. The van der Waals surface area contributed by atoms with Gasteiger partial charge in [-0.1, -0.05) is 37.4 Å². The molecule has 4 N–H and O–H groups in total. The fourth-order valence-electron chi connectivity index (χ4n) is 4.94. The zero-order valence-electron chi connectivity index (χ0n) is 22.0. The topological polar surface area (TPSA) is 123 Å². The number of thiophene rings is 1. The molecule has 1 aliphatic rings. The number of benzene rings is 1. The minimum absolute atomic E-state index is 0.185. The Bertz CT molecular complexity index is 1500. The molecule has 4 aromatic rings. The number of pyridine rings is 1. The first-order valence-corrected chi connectivity index (χ1v) is 14.3. The number of nitrogens with two attached hydrogens (primary N) is 1. The summed E-state index contributed by atoms with van der Waals surface area (Å²) >= 11 is 2.47. The normalized spacial score (nSPS) is 16.2. The number of aryl methyl sites for hydroxylation is 2. The summed E-state index contributed by atoms with van der Waals surface area (Å²) in [6, 6.07) is 11.1. The van der Waals surface area contributed by atoms with Crippen LogP contribution in [0.1, 0.15) is 75.1 Å². The summed E-state index contributed by atoms with van der Waals surface area (Å²) in [7, 11) is 0. The van der Waals surface area contributed by atoms with Gasteiger partial charge >= 0.3 is 0 Å². The Balaban J connectivity index is 1.31. The van der Waals surface area contributed by atoms with Crippen LogP contribution in [0.2, 0.25) is 0 Å². The van der Waals surface area contributed by atoms with Gasteiger partial charge in [-0.3, -0.25) is 9.59 Å². The third-order valence-corrected chi connectivity index (χ3v) is 9.14. The van der Waals surface area contributed by atoms with Crippen LogP contribution in [0, 0.1) is 18.3 Å². The molecule has 2 amide bonds. The van der Waals surface area contributed by atoms with Gasteiger partial charge in [0.05, 0.1) is 16.6 Å². The SMILES string of the molecule is Cc1nnsc1C(=O)Nc1cccc([C@@H](CN)NC(=O)c2cc3cc4c(nc3s2)CC[C@@H](C(C)(C)C)C4)c1. The van der Waals surface area contributed by atoms with E-state index >= 15 is 0 Å². The molecule has 0 saturated carbocycles. The molecule has 0 fully saturated rings. The fraction of sp³-hybridized carbons (Fsp3) is 0.393. The van der Waals surface area contributed by atoms with E-state index in [0.717, 1.165) is 52.3 Å². The Labute approximate surface area is 230 Å². The number of aromatic nitrogens is 3. The summed E-state index contributed by atoms with van der Waals surface area (Å²) < 4.78 is 3.82. The van der Waals surface area contributed by atoms with Crippen molar-refractivity contribution in [3.63, 3.8) is 0 Å². The predicted molar refractivity (Wildman–Crippen MR) is 153 cm³/mol. The van der Waals surface area contributed by atoms with E-state index < -0.39 is 6.04 Å². The van der Waals surface area contributed by atoms with E-state index in [4.69, 9.17) is 10.7 Å². The number of amides is 2. The van der Waals surface area contributed by atoms with E-state index in [-0.39, 0.29) is 23.8 Å². The average molecular weight is 549 g/mol. The van der Waals surface area contributed by atoms with Crippen LogP contribution in [-0.4, -0.2) is 32.9 Å². The van der Waals surface area contributed by atoms with Gasteiger partial charge in [-0.25, -0.2) is 4.98 Å². The summed E-state index contributed by atoms with van der Waals surface area (Å²) in [6.45, 7) is 8.87. The highest BCUT2D eigenvalue weighted by atomic mass is 32.1. The van der Waals surface area contributed by atoms with Crippen molar-refractivity contribution in [2.75, 3.05) is 11.9 Å². The number of hydrogen-bond donors (Lipinski definition) is 3. The maximum atomic E-state index is 13.3. The van der Waals surface area contributed by atoms with Gasteiger partial charge in [-0.15, -0.1) is 16.4 Å². The van der Waals surface area contributed by atoms with Crippen molar-refractivity contribution in [2.45, 2.75) is 53.0 Å². The molecule has 0 aliphatic heterocycles. The molecule has 0 saturated heterocycles. The molecule has 0 spiro atoms. The summed E-state index contributed by atoms with van der Waals surface area (Å²) in [4.78, 5) is 32.7. The van der Waals surface area contributed by atoms with Crippen molar-refractivity contribution in [1.29, 1.82) is 0 Å². The fourth-order valence-corrected chi connectivity index (χ4v) is 6.43. The molecule has 0 unspecified atom stereocenters.